The molecule has 1 aromatic rings. The number of hydrogen-bond acceptors (Lipinski definition) is 5. The molecule has 0 atom stereocenters. The quantitative estimate of drug-likeness (QED) is 0.493. The fourth-order valence-corrected chi connectivity index (χ4v) is 1.82. The van der Waals surface area contributed by atoms with Crippen LogP contribution in [-0.4, -0.2) is 27.5 Å². The zero-order chi connectivity index (χ0) is 11.6. The lowest BCUT2D eigenvalue weighted by Crippen LogP contribution is -2.22. The standard InChI is InChI=1S/C8H14N4O2S/c1-12(2)11-6-4-3-5-7(8(6)9)15(10,13)14/h3-5,11H,9H2,1-2H3,(H2,10,13,14). The first-order chi connectivity index (χ1) is 6.82. The van der Waals surface area contributed by atoms with Crippen LogP contribution in [-0.2, 0) is 10.0 Å². The SMILES string of the molecule is CN(C)Nc1cccc(S(N)(=O)=O)c1N. The van der Waals surface area contributed by atoms with Crippen molar-refractivity contribution in [1.29, 1.82) is 0 Å². The van der Waals surface area contributed by atoms with Crippen molar-refractivity contribution in [2.24, 2.45) is 5.14 Å². The van der Waals surface area contributed by atoms with E-state index < -0.39 is 10.0 Å². The third-order valence-electron chi connectivity index (χ3n) is 1.72. The Morgan fingerprint density at radius 3 is 2.40 bits per heavy atom. The van der Waals surface area contributed by atoms with Gasteiger partial charge in [0.25, 0.3) is 0 Å². The lowest BCUT2D eigenvalue weighted by molar-refractivity contribution is 0.495. The summed E-state index contributed by atoms with van der Waals surface area (Å²) in [5.74, 6) is 0. The number of benzene rings is 1. The van der Waals surface area contributed by atoms with Crippen molar-refractivity contribution >= 4 is 21.4 Å². The number of nitrogens with zero attached hydrogens (tertiary/aromatic N) is 1. The predicted molar refractivity (Wildman–Crippen MR) is 59.5 cm³/mol. The van der Waals surface area contributed by atoms with E-state index in [1.54, 1.807) is 31.2 Å². The van der Waals surface area contributed by atoms with Gasteiger partial charge in [0.2, 0.25) is 10.0 Å². The van der Waals surface area contributed by atoms with Gasteiger partial charge in [-0.25, -0.2) is 18.6 Å². The molecule has 0 bridgehead atoms. The van der Waals surface area contributed by atoms with E-state index in [0.717, 1.165) is 0 Å². The van der Waals surface area contributed by atoms with Gasteiger partial charge in [-0.2, -0.15) is 0 Å². The number of anilines is 2. The second kappa shape index (κ2) is 4.05. The second-order valence-electron chi connectivity index (χ2n) is 3.27. The van der Waals surface area contributed by atoms with Crippen molar-refractivity contribution in [3.63, 3.8) is 0 Å². The van der Waals surface area contributed by atoms with Crippen molar-refractivity contribution in [3.8, 4) is 0 Å². The smallest absolute Gasteiger partial charge is 0.240 e. The van der Waals surface area contributed by atoms with Gasteiger partial charge in [-0.15, -0.1) is 0 Å². The monoisotopic (exact) mass is 230 g/mol. The van der Waals surface area contributed by atoms with E-state index in [1.807, 2.05) is 0 Å². The maximum atomic E-state index is 11.1. The molecule has 0 heterocycles. The molecule has 0 radical (unpaired) electrons. The number of nitrogens with one attached hydrogen (secondary N) is 1. The summed E-state index contributed by atoms with van der Waals surface area (Å²) in [6.07, 6.45) is 0. The molecule has 0 aromatic heterocycles. The first kappa shape index (κ1) is 11.8. The highest BCUT2D eigenvalue weighted by Crippen LogP contribution is 2.25. The summed E-state index contributed by atoms with van der Waals surface area (Å²) in [5.41, 5.74) is 9.17. The van der Waals surface area contributed by atoms with E-state index in [4.69, 9.17) is 10.9 Å². The number of hydrazine groups is 1. The number of sulfonamides is 1. The van der Waals surface area contributed by atoms with Crippen molar-refractivity contribution < 1.29 is 8.42 Å². The van der Waals surface area contributed by atoms with Crippen LogP contribution in [0.4, 0.5) is 11.4 Å². The third-order valence-corrected chi connectivity index (χ3v) is 2.69. The first-order valence-electron chi connectivity index (χ1n) is 4.17. The average Bonchev–Trinajstić information content (AvgIpc) is 2.05. The predicted octanol–water partition coefficient (Wildman–Crippen LogP) is -0.195. The summed E-state index contributed by atoms with van der Waals surface area (Å²) in [4.78, 5) is -0.0747. The summed E-state index contributed by atoms with van der Waals surface area (Å²) in [5, 5.41) is 6.66. The van der Waals surface area contributed by atoms with Gasteiger partial charge in [0.15, 0.2) is 0 Å². The average molecular weight is 230 g/mol. The summed E-state index contributed by atoms with van der Waals surface area (Å²) < 4.78 is 22.3. The second-order valence-corrected chi connectivity index (χ2v) is 4.80. The summed E-state index contributed by atoms with van der Waals surface area (Å²) in [6, 6.07) is 4.61. The first-order valence-corrected chi connectivity index (χ1v) is 5.72. The lowest BCUT2D eigenvalue weighted by atomic mass is 10.3. The fourth-order valence-electron chi connectivity index (χ4n) is 1.13. The molecule has 0 unspecified atom stereocenters. The van der Waals surface area contributed by atoms with E-state index in [1.165, 1.54) is 6.07 Å². The minimum absolute atomic E-state index is 0.0747. The van der Waals surface area contributed by atoms with Crippen molar-refractivity contribution in [3.05, 3.63) is 18.2 Å². The van der Waals surface area contributed by atoms with Crippen molar-refractivity contribution in [1.82, 2.24) is 5.01 Å². The molecule has 0 saturated heterocycles. The van der Waals surface area contributed by atoms with Gasteiger partial charge < -0.3 is 11.2 Å². The molecule has 0 spiro atoms. The lowest BCUT2D eigenvalue weighted by Gasteiger charge is -2.16. The van der Waals surface area contributed by atoms with Gasteiger partial charge in [0.1, 0.15) is 4.90 Å². The van der Waals surface area contributed by atoms with Crippen LogP contribution < -0.4 is 16.3 Å². The van der Waals surface area contributed by atoms with E-state index in [2.05, 4.69) is 5.43 Å². The minimum Gasteiger partial charge on any atom is -0.396 e. The minimum atomic E-state index is -3.78. The Labute approximate surface area is 88.9 Å². The maximum absolute atomic E-state index is 11.1. The fraction of sp³-hybridized carbons (Fsp3) is 0.250. The molecule has 5 N–H and O–H groups in total. The van der Waals surface area contributed by atoms with Gasteiger partial charge in [-0.3, -0.25) is 0 Å². The zero-order valence-electron chi connectivity index (χ0n) is 8.56. The summed E-state index contributed by atoms with van der Waals surface area (Å²) in [7, 11) is -0.241. The Bertz CT molecular complexity index is 456. The highest BCUT2D eigenvalue weighted by atomic mass is 32.2. The number of hydrogen-bond donors (Lipinski definition) is 3. The molecule has 0 amide bonds. The molecule has 15 heavy (non-hydrogen) atoms. The van der Waals surface area contributed by atoms with Gasteiger partial charge in [0, 0.05) is 14.1 Å². The largest absolute Gasteiger partial charge is 0.396 e. The number of nitrogens with two attached hydrogens (primary N) is 2. The highest BCUT2D eigenvalue weighted by molar-refractivity contribution is 7.89. The van der Waals surface area contributed by atoms with Gasteiger partial charge in [-0.1, -0.05) is 6.07 Å². The van der Waals surface area contributed by atoms with E-state index in [-0.39, 0.29) is 10.6 Å². The van der Waals surface area contributed by atoms with E-state index >= 15 is 0 Å². The molecule has 84 valence electrons. The number of primary sulfonamides is 1. The van der Waals surface area contributed by atoms with Gasteiger partial charge in [0.05, 0.1) is 11.4 Å². The van der Waals surface area contributed by atoms with Crippen LogP contribution in [0.2, 0.25) is 0 Å². The van der Waals surface area contributed by atoms with Crippen molar-refractivity contribution in [2.75, 3.05) is 25.3 Å². The molecular formula is C8H14N4O2S. The molecule has 0 aliphatic carbocycles. The molecule has 1 aromatic carbocycles. The van der Waals surface area contributed by atoms with Gasteiger partial charge >= 0.3 is 0 Å². The topological polar surface area (TPSA) is 101 Å². The molecule has 0 saturated carbocycles. The number of para-hydroxylation sites is 1. The van der Waals surface area contributed by atoms with E-state index in [0.29, 0.717) is 5.69 Å². The van der Waals surface area contributed by atoms with Gasteiger partial charge in [-0.05, 0) is 12.1 Å². The summed E-state index contributed by atoms with van der Waals surface area (Å²) >= 11 is 0. The molecular weight excluding hydrogens is 216 g/mol. The van der Waals surface area contributed by atoms with Crippen LogP contribution >= 0.6 is 0 Å². The van der Waals surface area contributed by atoms with Crippen LogP contribution in [0.1, 0.15) is 0 Å². The van der Waals surface area contributed by atoms with Crippen molar-refractivity contribution in [2.45, 2.75) is 4.90 Å². The Hall–Kier alpha value is -1.31. The van der Waals surface area contributed by atoms with Crippen LogP contribution in [0.25, 0.3) is 0 Å². The number of rotatable bonds is 3. The Morgan fingerprint density at radius 2 is 1.93 bits per heavy atom. The molecule has 0 aliphatic heterocycles. The normalized spacial score (nSPS) is 11.7. The van der Waals surface area contributed by atoms with E-state index in [9.17, 15) is 8.42 Å². The van der Waals surface area contributed by atoms with Crippen LogP contribution in [0.15, 0.2) is 23.1 Å². The maximum Gasteiger partial charge on any atom is 0.240 e. The third kappa shape index (κ3) is 2.82. The van der Waals surface area contributed by atoms with Crippen LogP contribution in [0.5, 0.6) is 0 Å². The molecule has 6 nitrogen and oxygen atoms in total. The summed E-state index contributed by atoms with van der Waals surface area (Å²) in [6.45, 7) is 0. The molecule has 0 fully saturated rings. The molecule has 7 heteroatoms. The van der Waals surface area contributed by atoms with Crippen LogP contribution in [0, 0.1) is 0 Å². The number of nitrogen functional groups attached to an aromatic ring is 1. The van der Waals surface area contributed by atoms with Crippen LogP contribution in [0.3, 0.4) is 0 Å². The molecule has 1 rings (SSSR count). The highest BCUT2D eigenvalue weighted by Gasteiger charge is 2.14. The molecule has 0 aliphatic rings. The Kier molecular flexibility index (Phi) is 3.18. The zero-order valence-corrected chi connectivity index (χ0v) is 9.38. The Balaban J connectivity index is 3.24. The Morgan fingerprint density at radius 1 is 1.33 bits per heavy atom.